The highest BCUT2D eigenvalue weighted by atomic mass is 19.4. The Bertz CT molecular complexity index is 1180. The number of nitrogens with zero attached hydrogens (tertiary/aromatic N) is 2. The largest absolute Gasteiger partial charge is 0.416 e. The lowest BCUT2D eigenvalue weighted by molar-refractivity contribution is -0.137. The summed E-state index contributed by atoms with van der Waals surface area (Å²) in [5, 5.41) is 7.06. The first kappa shape index (κ1) is 20.7. The van der Waals surface area contributed by atoms with E-state index in [0.717, 1.165) is 42.7 Å². The molecule has 1 N–H and O–H groups in total. The number of halogens is 4. The lowest BCUT2D eigenvalue weighted by Gasteiger charge is -2.05. The normalized spacial score (nSPS) is 12.8. The minimum absolute atomic E-state index is 0.0345. The molecule has 1 aliphatic rings. The van der Waals surface area contributed by atoms with Crippen molar-refractivity contribution in [3.63, 3.8) is 0 Å². The summed E-state index contributed by atoms with van der Waals surface area (Å²) >= 11 is 0. The van der Waals surface area contributed by atoms with Crippen molar-refractivity contribution in [2.45, 2.75) is 25.4 Å². The van der Waals surface area contributed by atoms with E-state index in [4.69, 9.17) is 0 Å². The van der Waals surface area contributed by atoms with E-state index in [-0.39, 0.29) is 23.6 Å². The summed E-state index contributed by atoms with van der Waals surface area (Å²) in [6.07, 6.45) is -2.06. The van der Waals surface area contributed by atoms with Crippen LogP contribution in [0.4, 0.5) is 17.6 Å². The van der Waals surface area contributed by atoms with Crippen LogP contribution in [0.25, 0.3) is 5.69 Å². The van der Waals surface area contributed by atoms with E-state index >= 15 is 0 Å². The van der Waals surface area contributed by atoms with Crippen molar-refractivity contribution in [3.05, 3.63) is 82.4 Å². The molecule has 3 aromatic rings. The van der Waals surface area contributed by atoms with Crippen LogP contribution in [0.3, 0.4) is 0 Å². The van der Waals surface area contributed by atoms with Crippen LogP contribution in [-0.2, 0) is 19.0 Å². The SMILES string of the molecule is O=C(NCC#Cc1cccc(C(F)(F)F)c1)c1nn(-c2ccc(F)cc2)c2c1CCC2. The lowest BCUT2D eigenvalue weighted by Crippen LogP contribution is -2.25. The smallest absolute Gasteiger partial charge is 0.340 e. The molecule has 2 aromatic carbocycles. The molecule has 0 spiro atoms. The standard InChI is InChI=1S/C23H17F4N3O/c24-17-9-11-18(12-10-17)30-20-8-2-7-19(20)21(29-30)22(31)28-13-3-5-15-4-1-6-16(14-15)23(25,26)27/h1,4,6,9-12,14H,2,7-8,13H2,(H,28,31). The molecule has 1 aliphatic carbocycles. The maximum Gasteiger partial charge on any atom is 0.416 e. The molecular formula is C23H17F4N3O. The van der Waals surface area contributed by atoms with Gasteiger partial charge in [0.15, 0.2) is 5.69 Å². The highest BCUT2D eigenvalue weighted by Crippen LogP contribution is 2.29. The molecule has 0 saturated carbocycles. The summed E-state index contributed by atoms with van der Waals surface area (Å²) in [5.41, 5.74) is 2.18. The van der Waals surface area contributed by atoms with Crippen LogP contribution in [-0.4, -0.2) is 22.2 Å². The first-order chi connectivity index (χ1) is 14.8. The number of alkyl halides is 3. The van der Waals surface area contributed by atoms with Crippen LogP contribution in [0.15, 0.2) is 48.5 Å². The summed E-state index contributed by atoms with van der Waals surface area (Å²) in [6, 6.07) is 10.6. The van der Waals surface area contributed by atoms with Gasteiger partial charge in [-0.15, -0.1) is 0 Å². The molecule has 1 aromatic heterocycles. The number of nitrogens with one attached hydrogen (secondary N) is 1. The predicted octanol–water partition coefficient (Wildman–Crippen LogP) is 4.30. The average Bonchev–Trinajstić information content (AvgIpc) is 3.34. The van der Waals surface area contributed by atoms with Gasteiger partial charge in [-0.1, -0.05) is 17.9 Å². The molecule has 0 aliphatic heterocycles. The van der Waals surface area contributed by atoms with Crippen molar-refractivity contribution >= 4 is 5.91 Å². The highest BCUT2D eigenvalue weighted by Gasteiger charge is 2.30. The van der Waals surface area contributed by atoms with Gasteiger partial charge >= 0.3 is 6.18 Å². The summed E-state index contributed by atoms with van der Waals surface area (Å²) in [6.45, 7) is -0.0345. The average molecular weight is 427 g/mol. The minimum Gasteiger partial charge on any atom is -0.340 e. The third-order valence-electron chi connectivity index (χ3n) is 4.98. The Hall–Kier alpha value is -3.60. The van der Waals surface area contributed by atoms with Gasteiger partial charge in [0.1, 0.15) is 5.82 Å². The van der Waals surface area contributed by atoms with Crippen molar-refractivity contribution in [2.24, 2.45) is 0 Å². The Morgan fingerprint density at radius 1 is 1.13 bits per heavy atom. The second-order valence-electron chi connectivity index (χ2n) is 7.08. The van der Waals surface area contributed by atoms with Crippen LogP contribution in [0.2, 0.25) is 0 Å². The summed E-state index contributed by atoms with van der Waals surface area (Å²) in [5.74, 6) is 4.53. The van der Waals surface area contributed by atoms with E-state index in [2.05, 4.69) is 22.3 Å². The van der Waals surface area contributed by atoms with Gasteiger partial charge in [0.25, 0.3) is 5.91 Å². The Morgan fingerprint density at radius 3 is 2.65 bits per heavy atom. The first-order valence-electron chi connectivity index (χ1n) is 9.64. The van der Waals surface area contributed by atoms with Crippen molar-refractivity contribution in [2.75, 3.05) is 6.54 Å². The number of rotatable bonds is 3. The fourth-order valence-electron chi connectivity index (χ4n) is 3.54. The van der Waals surface area contributed by atoms with Gasteiger partial charge in [-0.2, -0.15) is 18.3 Å². The van der Waals surface area contributed by atoms with Crippen LogP contribution in [0.1, 0.15) is 39.3 Å². The maximum atomic E-state index is 13.2. The number of hydrogen-bond donors (Lipinski definition) is 1. The second kappa shape index (κ2) is 8.26. The van der Waals surface area contributed by atoms with Gasteiger partial charge in [0.05, 0.1) is 17.8 Å². The molecule has 31 heavy (non-hydrogen) atoms. The summed E-state index contributed by atoms with van der Waals surface area (Å²) in [7, 11) is 0. The number of benzene rings is 2. The Morgan fingerprint density at radius 2 is 1.90 bits per heavy atom. The van der Waals surface area contributed by atoms with E-state index < -0.39 is 17.6 Å². The van der Waals surface area contributed by atoms with E-state index in [1.807, 2.05) is 0 Å². The zero-order chi connectivity index (χ0) is 22.0. The molecule has 4 rings (SSSR count). The zero-order valence-electron chi connectivity index (χ0n) is 16.3. The van der Waals surface area contributed by atoms with Crippen LogP contribution in [0, 0.1) is 17.7 Å². The Balaban J connectivity index is 1.48. The van der Waals surface area contributed by atoms with E-state index in [9.17, 15) is 22.4 Å². The number of amides is 1. The van der Waals surface area contributed by atoms with Crippen molar-refractivity contribution in [1.82, 2.24) is 15.1 Å². The van der Waals surface area contributed by atoms with Crippen LogP contribution < -0.4 is 5.32 Å². The Labute approximate surface area is 175 Å². The predicted molar refractivity (Wildman–Crippen MR) is 106 cm³/mol. The van der Waals surface area contributed by atoms with Gasteiger partial charge in [-0.3, -0.25) is 4.79 Å². The van der Waals surface area contributed by atoms with Crippen molar-refractivity contribution in [3.8, 4) is 17.5 Å². The second-order valence-corrected chi connectivity index (χ2v) is 7.08. The quantitative estimate of drug-likeness (QED) is 0.501. The monoisotopic (exact) mass is 427 g/mol. The summed E-state index contributed by atoms with van der Waals surface area (Å²) in [4.78, 5) is 12.6. The molecule has 0 atom stereocenters. The molecule has 1 heterocycles. The first-order valence-corrected chi connectivity index (χ1v) is 9.64. The number of carbonyl (C=O) groups excluding carboxylic acids is 1. The molecule has 0 saturated heterocycles. The van der Waals surface area contributed by atoms with E-state index in [0.29, 0.717) is 5.69 Å². The fourth-order valence-corrected chi connectivity index (χ4v) is 3.54. The Kier molecular flexibility index (Phi) is 5.51. The van der Waals surface area contributed by atoms with E-state index in [1.54, 1.807) is 16.8 Å². The van der Waals surface area contributed by atoms with Crippen molar-refractivity contribution in [1.29, 1.82) is 0 Å². The van der Waals surface area contributed by atoms with Gasteiger partial charge < -0.3 is 5.32 Å². The third-order valence-corrected chi connectivity index (χ3v) is 4.98. The third kappa shape index (κ3) is 4.45. The molecule has 158 valence electrons. The number of carbonyl (C=O) groups is 1. The molecular weight excluding hydrogens is 410 g/mol. The number of aromatic nitrogens is 2. The molecule has 0 radical (unpaired) electrons. The van der Waals surface area contributed by atoms with Gasteiger partial charge in [0, 0.05) is 16.8 Å². The lowest BCUT2D eigenvalue weighted by atomic mass is 10.1. The van der Waals surface area contributed by atoms with Gasteiger partial charge in [-0.05, 0) is 61.7 Å². The van der Waals surface area contributed by atoms with Gasteiger partial charge in [0.2, 0.25) is 0 Å². The topological polar surface area (TPSA) is 46.9 Å². The van der Waals surface area contributed by atoms with Crippen molar-refractivity contribution < 1.29 is 22.4 Å². The molecule has 1 amide bonds. The molecule has 4 nitrogen and oxygen atoms in total. The van der Waals surface area contributed by atoms with Crippen LogP contribution in [0.5, 0.6) is 0 Å². The van der Waals surface area contributed by atoms with Crippen LogP contribution >= 0.6 is 0 Å². The van der Waals surface area contributed by atoms with Gasteiger partial charge in [-0.25, -0.2) is 9.07 Å². The number of fused-ring (bicyclic) bond motifs is 1. The molecule has 8 heteroatoms. The molecule has 0 unspecified atom stereocenters. The molecule has 0 fully saturated rings. The zero-order valence-corrected chi connectivity index (χ0v) is 16.3. The highest BCUT2D eigenvalue weighted by molar-refractivity contribution is 5.94. The summed E-state index contributed by atoms with van der Waals surface area (Å²) < 4.78 is 53.2. The number of hydrogen-bond acceptors (Lipinski definition) is 2. The maximum absolute atomic E-state index is 13.2. The molecule has 0 bridgehead atoms. The van der Waals surface area contributed by atoms with E-state index in [1.165, 1.54) is 24.3 Å². The minimum atomic E-state index is -4.43. The fraction of sp³-hybridized carbons (Fsp3) is 0.217.